The van der Waals surface area contributed by atoms with Crippen LogP contribution in [0.3, 0.4) is 0 Å². The highest BCUT2D eigenvalue weighted by atomic mass is 35.5. The standard InChI is InChI=1S/C16H14ClNO4/c1-9-11(16(20)21)4-3-5-13(9)18-15(19)10-6-7-14(22-2)12(17)8-10/h3-8H,1-2H3,(H,18,19)(H,20,21). The molecule has 0 fully saturated rings. The minimum absolute atomic E-state index is 0.144. The molecule has 2 aromatic rings. The first-order valence-electron chi connectivity index (χ1n) is 6.42. The van der Waals surface area contributed by atoms with Crippen molar-refractivity contribution >= 4 is 29.2 Å². The number of methoxy groups -OCH3 is 1. The highest BCUT2D eigenvalue weighted by Gasteiger charge is 2.14. The Labute approximate surface area is 132 Å². The van der Waals surface area contributed by atoms with E-state index in [4.69, 9.17) is 21.4 Å². The largest absolute Gasteiger partial charge is 0.495 e. The number of anilines is 1. The lowest BCUT2D eigenvalue weighted by atomic mass is 10.1. The molecule has 0 aromatic heterocycles. The van der Waals surface area contributed by atoms with Crippen molar-refractivity contribution in [3.8, 4) is 5.75 Å². The number of halogens is 1. The van der Waals surface area contributed by atoms with Gasteiger partial charge in [0.1, 0.15) is 5.75 Å². The van der Waals surface area contributed by atoms with Crippen molar-refractivity contribution in [2.45, 2.75) is 6.92 Å². The van der Waals surface area contributed by atoms with Crippen LogP contribution in [0.2, 0.25) is 5.02 Å². The number of nitrogens with one attached hydrogen (secondary N) is 1. The average Bonchev–Trinajstić information content (AvgIpc) is 2.48. The highest BCUT2D eigenvalue weighted by Crippen LogP contribution is 2.26. The van der Waals surface area contributed by atoms with Crippen molar-refractivity contribution in [1.29, 1.82) is 0 Å². The van der Waals surface area contributed by atoms with Crippen LogP contribution in [0.5, 0.6) is 5.75 Å². The molecule has 0 aliphatic carbocycles. The third-order valence-electron chi connectivity index (χ3n) is 3.23. The van der Waals surface area contributed by atoms with E-state index in [1.54, 1.807) is 31.2 Å². The summed E-state index contributed by atoms with van der Waals surface area (Å²) in [4.78, 5) is 23.3. The maximum atomic E-state index is 12.2. The Morgan fingerprint density at radius 2 is 1.95 bits per heavy atom. The van der Waals surface area contributed by atoms with E-state index in [1.807, 2.05) is 0 Å². The van der Waals surface area contributed by atoms with E-state index in [0.717, 1.165) is 0 Å². The van der Waals surface area contributed by atoms with E-state index >= 15 is 0 Å². The molecule has 0 bridgehead atoms. The minimum Gasteiger partial charge on any atom is -0.495 e. The number of carboxylic acid groups (broad SMARTS) is 1. The molecular weight excluding hydrogens is 306 g/mol. The van der Waals surface area contributed by atoms with Gasteiger partial charge in [-0.3, -0.25) is 4.79 Å². The summed E-state index contributed by atoms with van der Waals surface area (Å²) in [5.74, 6) is -0.946. The van der Waals surface area contributed by atoms with Crippen LogP contribution in [-0.4, -0.2) is 24.1 Å². The summed E-state index contributed by atoms with van der Waals surface area (Å²) in [6, 6.07) is 9.37. The van der Waals surface area contributed by atoms with Crippen LogP contribution in [0.4, 0.5) is 5.69 Å². The summed E-state index contributed by atoms with van der Waals surface area (Å²) >= 11 is 5.99. The molecule has 0 radical (unpaired) electrons. The average molecular weight is 320 g/mol. The van der Waals surface area contributed by atoms with E-state index in [9.17, 15) is 9.59 Å². The first-order chi connectivity index (χ1) is 10.4. The quantitative estimate of drug-likeness (QED) is 0.902. The lowest BCUT2D eigenvalue weighted by molar-refractivity contribution is 0.0695. The fourth-order valence-electron chi connectivity index (χ4n) is 2.00. The van der Waals surface area contributed by atoms with Gasteiger partial charge < -0.3 is 15.2 Å². The third kappa shape index (κ3) is 3.20. The molecule has 5 nitrogen and oxygen atoms in total. The second kappa shape index (κ2) is 6.49. The second-order valence-corrected chi connectivity index (χ2v) is 4.99. The van der Waals surface area contributed by atoms with Crippen LogP contribution in [-0.2, 0) is 0 Å². The lowest BCUT2D eigenvalue weighted by Gasteiger charge is -2.11. The zero-order chi connectivity index (χ0) is 16.3. The molecule has 0 aliphatic rings. The Morgan fingerprint density at radius 3 is 2.55 bits per heavy atom. The summed E-state index contributed by atoms with van der Waals surface area (Å²) in [6.45, 7) is 1.64. The minimum atomic E-state index is -1.04. The molecule has 1 amide bonds. The molecule has 0 aliphatic heterocycles. The Balaban J connectivity index is 2.28. The van der Waals surface area contributed by atoms with Crippen molar-refractivity contribution < 1.29 is 19.4 Å². The fraction of sp³-hybridized carbons (Fsp3) is 0.125. The summed E-state index contributed by atoms with van der Waals surface area (Å²) < 4.78 is 5.03. The molecule has 0 atom stereocenters. The van der Waals surface area contributed by atoms with Gasteiger partial charge in [-0.2, -0.15) is 0 Å². The van der Waals surface area contributed by atoms with Crippen LogP contribution >= 0.6 is 11.6 Å². The molecule has 0 saturated carbocycles. The van der Waals surface area contributed by atoms with Crippen LogP contribution in [0.25, 0.3) is 0 Å². The molecule has 2 rings (SSSR count). The van der Waals surface area contributed by atoms with Gasteiger partial charge in [-0.15, -0.1) is 0 Å². The van der Waals surface area contributed by atoms with Gasteiger partial charge in [0, 0.05) is 11.3 Å². The van der Waals surface area contributed by atoms with Gasteiger partial charge in [0.25, 0.3) is 5.91 Å². The summed E-state index contributed by atoms with van der Waals surface area (Å²) in [6.07, 6.45) is 0. The number of rotatable bonds is 4. The van der Waals surface area contributed by atoms with Crippen LogP contribution in [0.1, 0.15) is 26.3 Å². The smallest absolute Gasteiger partial charge is 0.336 e. The normalized spacial score (nSPS) is 10.1. The number of ether oxygens (including phenoxy) is 1. The molecule has 0 heterocycles. The summed E-state index contributed by atoms with van der Waals surface area (Å²) in [5.41, 5.74) is 1.43. The van der Waals surface area contributed by atoms with E-state index in [-0.39, 0.29) is 11.5 Å². The van der Waals surface area contributed by atoms with Crippen molar-refractivity contribution in [2.75, 3.05) is 12.4 Å². The molecular formula is C16H14ClNO4. The molecule has 2 N–H and O–H groups in total. The SMILES string of the molecule is COc1ccc(C(=O)Nc2cccc(C(=O)O)c2C)cc1Cl. The summed E-state index contributed by atoms with van der Waals surface area (Å²) in [5, 5.41) is 12.1. The Morgan fingerprint density at radius 1 is 1.23 bits per heavy atom. The van der Waals surface area contributed by atoms with Gasteiger partial charge in [0.2, 0.25) is 0 Å². The van der Waals surface area contributed by atoms with E-state index in [2.05, 4.69) is 5.32 Å². The van der Waals surface area contributed by atoms with Crippen molar-refractivity contribution in [2.24, 2.45) is 0 Å². The predicted octanol–water partition coefficient (Wildman–Crippen LogP) is 3.61. The van der Waals surface area contributed by atoms with Crippen LogP contribution < -0.4 is 10.1 Å². The van der Waals surface area contributed by atoms with Gasteiger partial charge in [-0.05, 0) is 42.8 Å². The van der Waals surface area contributed by atoms with Gasteiger partial charge in [0.05, 0.1) is 17.7 Å². The van der Waals surface area contributed by atoms with E-state index < -0.39 is 5.97 Å². The Kier molecular flexibility index (Phi) is 4.68. The molecule has 0 unspecified atom stereocenters. The van der Waals surface area contributed by atoms with Gasteiger partial charge in [0.15, 0.2) is 0 Å². The Hall–Kier alpha value is -2.53. The molecule has 114 valence electrons. The number of amides is 1. The third-order valence-corrected chi connectivity index (χ3v) is 3.52. The molecule has 0 saturated heterocycles. The zero-order valence-electron chi connectivity index (χ0n) is 12.0. The maximum absolute atomic E-state index is 12.2. The van der Waals surface area contributed by atoms with Crippen molar-refractivity contribution in [3.63, 3.8) is 0 Å². The monoisotopic (exact) mass is 319 g/mol. The molecule has 6 heteroatoms. The van der Waals surface area contributed by atoms with Crippen LogP contribution in [0.15, 0.2) is 36.4 Å². The van der Waals surface area contributed by atoms with Gasteiger partial charge in [-0.1, -0.05) is 17.7 Å². The predicted molar refractivity (Wildman–Crippen MR) is 84.1 cm³/mol. The van der Waals surface area contributed by atoms with Gasteiger partial charge in [-0.25, -0.2) is 4.79 Å². The zero-order valence-corrected chi connectivity index (χ0v) is 12.8. The molecule has 0 spiro atoms. The lowest BCUT2D eigenvalue weighted by Crippen LogP contribution is -2.14. The first-order valence-corrected chi connectivity index (χ1v) is 6.79. The summed E-state index contributed by atoms with van der Waals surface area (Å²) in [7, 11) is 1.49. The molecule has 2 aromatic carbocycles. The van der Waals surface area contributed by atoms with Gasteiger partial charge >= 0.3 is 5.97 Å². The number of hydrogen-bond donors (Lipinski definition) is 2. The number of carboxylic acids is 1. The number of aromatic carboxylic acids is 1. The van der Waals surface area contributed by atoms with Crippen molar-refractivity contribution in [3.05, 3.63) is 58.1 Å². The Bertz CT molecular complexity index is 743. The van der Waals surface area contributed by atoms with Crippen molar-refractivity contribution in [1.82, 2.24) is 0 Å². The molecule has 22 heavy (non-hydrogen) atoms. The fourth-order valence-corrected chi connectivity index (χ4v) is 2.26. The number of carbonyl (C=O) groups excluding carboxylic acids is 1. The number of carbonyl (C=O) groups is 2. The highest BCUT2D eigenvalue weighted by molar-refractivity contribution is 6.32. The topological polar surface area (TPSA) is 75.6 Å². The van der Waals surface area contributed by atoms with E-state index in [0.29, 0.717) is 27.6 Å². The number of benzene rings is 2. The second-order valence-electron chi connectivity index (χ2n) is 4.59. The van der Waals surface area contributed by atoms with E-state index in [1.165, 1.54) is 19.2 Å². The first kappa shape index (κ1) is 15.9. The van der Waals surface area contributed by atoms with Crippen LogP contribution in [0, 0.1) is 6.92 Å². The number of hydrogen-bond acceptors (Lipinski definition) is 3. The maximum Gasteiger partial charge on any atom is 0.336 e.